The number of fused-ring (bicyclic) bond motifs is 1. The minimum Gasteiger partial charge on any atom is -0.466 e. The molecule has 0 aliphatic rings. The zero-order valence-corrected chi connectivity index (χ0v) is 15.1. The van der Waals surface area contributed by atoms with Crippen LogP contribution in [0.5, 0.6) is 0 Å². The van der Waals surface area contributed by atoms with Crippen molar-refractivity contribution < 1.29 is 14.0 Å². The molecule has 0 aliphatic carbocycles. The lowest BCUT2D eigenvalue weighted by atomic mass is 10.2. The lowest BCUT2D eigenvalue weighted by Gasteiger charge is -2.03. The average molecular weight is 375 g/mol. The molecule has 2 heterocycles. The molecule has 3 aromatic rings. The number of aryl methyl sites for hydroxylation is 2. The van der Waals surface area contributed by atoms with Gasteiger partial charge in [-0.05, 0) is 32.1 Å². The highest BCUT2D eigenvalue weighted by Gasteiger charge is 2.13. The van der Waals surface area contributed by atoms with Crippen LogP contribution in [0.15, 0.2) is 40.8 Å². The predicted molar refractivity (Wildman–Crippen MR) is 99.7 cm³/mol. The number of hydrazine groups is 1. The molecule has 0 unspecified atom stereocenters. The molecule has 0 spiro atoms. The van der Waals surface area contributed by atoms with Gasteiger partial charge >= 0.3 is 0 Å². The summed E-state index contributed by atoms with van der Waals surface area (Å²) in [6.45, 7) is 3.44. The maximum absolute atomic E-state index is 12.0. The van der Waals surface area contributed by atoms with Gasteiger partial charge in [-0.1, -0.05) is 29.8 Å². The number of benzene rings is 1. The van der Waals surface area contributed by atoms with Crippen LogP contribution in [0.3, 0.4) is 0 Å². The number of carbonyl (C=O) groups is 2. The first-order valence-electron chi connectivity index (χ1n) is 7.48. The lowest BCUT2D eigenvalue weighted by molar-refractivity contribution is -0.117. The molecule has 2 N–H and O–H groups in total. The fraction of sp³-hybridized carbons (Fsp3) is 0.111. The molecule has 2 aromatic heterocycles. The molecule has 128 valence electrons. The van der Waals surface area contributed by atoms with E-state index in [0.717, 1.165) is 15.0 Å². The first kappa shape index (κ1) is 17.3. The van der Waals surface area contributed by atoms with Crippen molar-refractivity contribution in [3.05, 3.63) is 63.4 Å². The van der Waals surface area contributed by atoms with Crippen molar-refractivity contribution in [2.24, 2.45) is 0 Å². The van der Waals surface area contributed by atoms with Crippen molar-refractivity contribution in [1.82, 2.24) is 10.9 Å². The Morgan fingerprint density at radius 1 is 1.20 bits per heavy atom. The van der Waals surface area contributed by atoms with Crippen molar-refractivity contribution in [3.8, 4) is 0 Å². The van der Waals surface area contributed by atoms with Crippen molar-refractivity contribution in [2.75, 3.05) is 0 Å². The van der Waals surface area contributed by atoms with Crippen molar-refractivity contribution in [2.45, 2.75) is 13.8 Å². The fourth-order valence-electron chi connectivity index (χ4n) is 2.38. The van der Waals surface area contributed by atoms with E-state index in [0.29, 0.717) is 22.1 Å². The first-order valence-corrected chi connectivity index (χ1v) is 8.67. The number of thiophene rings is 1. The normalized spacial score (nSPS) is 11.2. The van der Waals surface area contributed by atoms with E-state index >= 15 is 0 Å². The Balaban J connectivity index is 1.64. The van der Waals surface area contributed by atoms with E-state index in [4.69, 9.17) is 16.0 Å². The van der Waals surface area contributed by atoms with Crippen molar-refractivity contribution >= 4 is 50.9 Å². The Kier molecular flexibility index (Phi) is 4.92. The number of amides is 2. The van der Waals surface area contributed by atoms with Gasteiger partial charge in [-0.2, -0.15) is 0 Å². The van der Waals surface area contributed by atoms with Gasteiger partial charge in [0, 0.05) is 21.0 Å². The SMILES string of the molecule is Cc1cc(C(=O)NNC(=O)/C=C/c2sc3ccccc3c2Cl)c(C)o1. The number of carbonyl (C=O) groups excluding carboxylic acids is 2. The third kappa shape index (κ3) is 3.75. The van der Waals surface area contributed by atoms with Gasteiger partial charge in [0.2, 0.25) is 0 Å². The standard InChI is InChI=1S/C18H15ClN2O3S/c1-10-9-13(11(2)24-10)18(23)21-20-16(22)8-7-15-17(19)12-5-3-4-6-14(12)25-15/h3-9H,1-2H3,(H,20,22)(H,21,23)/b8-7+. The Bertz CT molecular complexity index is 988. The highest BCUT2D eigenvalue weighted by molar-refractivity contribution is 7.20. The molecular weight excluding hydrogens is 360 g/mol. The number of halogens is 1. The summed E-state index contributed by atoms with van der Waals surface area (Å²) in [6, 6.07) is 9.37. The Hall–Kier alpha value is -2.57. The van der Waals surface area contributed by atoms with Gasteiger partial charge < -0.3 is 4.42 Å². The smallest absolute Gasteiger partial charge is 0.273 e. The van der Waals surface area contributed by atoms with Gasteiger partial charge in [0.1, 0.15) is 11.5 Å². The van der Waals surface area contributed by atoms with Gasteiger partial charge in [0.25, 0.3) is 11.8 Å². The molecule has 7 heteroatoms. The molecule has 0 saturated heterocycles. The fourth-order valence-corrected chi connectivity index (χ4v) is 3.77. The van der Waals surface area contributed by atoms with E-state index in [1.165, 1.54) is 17.4 Å². The molecule has 0 radical (unpaired) electrons. The van der Waals surface area contributed by atoms with Crippen LogP contribution in [0.4, 0.5) is 0 Å². The minimum absolute atomic E-state index is 0.384. The van der Waals surface area contributed by atoms with Crippen LogP contribution in [0.1, 0.15) is 26.8 Å². The molecule has 2 amide bonds. The molecule has 0 saturated carbocycles. The minimum atomic E-state index is -0.459. The van der Waals surface area contributed by atoms with Crippen LogP contribution in [-0.2, 0) is 4.79 Å². The highest BCUT2D eigenvalue weighted by atomic mass is 35.5. The quantitative estimate of drug-likeness (QED) is 0.532. The molecular formula is C18H15ClN2O3S. The van der Waals surface area contributed by atoms with Gasteiger partial charge in [0.05, 0.1) is 10.6 Å². The van der Waals surface area contributed by atoms with Gasteiger partial charge in [0.15, 0.2) is 0 Å². The van der Waals surface area contributed by atoms with E-state index in [9.17, 15) is 9.59 Å². The van der Waals surface area contributed by atoms with Gasteiger partial charge in [-0.25, -0.2) is 0 Å². The summed E-state index contributed by atoms with van der Waals surface area (Å²) in [7, 11) is 0. The molecule has 5 nitrogen and oxygen atoms in total. The third-order valence-corrected chi connectivity index (χ3v) is 5.19. The number of furan rings is 1. The van der Waals surface area contributed by atoms with Crippen LogP contribution >= 0.6 is 22.9 Å². The van der Waals surface area contributed by atoms with E-state index in [-0.39, 0.29) is 0 Å². The van der Waals surface area contributed by atoms with Crippen LogP contribution in [0.25, 0.3) is 16.2 Å². The van der Waals surface area contributed by atoms with E-state index < -0.39 is 11.8 Å². The highest BCUT2D eigenvalue weighted by Crippen LogP contribution is 2.35. The maximum atomic E-state index is 12.0. The van der Waals surface area contributed by atoms with Gasteiger partial charge in [-0.15, -0.1) is 11.3 Å². The van der Waals surface area contributed by atoms with E-state index in [1.807, 2.05) is 24.3 Å². The second-order valence-corrected chi connectivity index (χ2v) is 6.84. The summed E-state index contributed by atoms with van der Waals surface area (Å²) < 4.78 is 6.34. The number of hydrogen-bond donors (Lipinski definition) is 2. The molecule has 1 aromatic carbocycles. The summed E-state index contributed by atoms with van der Waals surface area (Å²) in [5.74, 6) is 0.237. The molecule has 0 fully saturated rings. The summed E-state index contributed by atoms with van der Waals surface area (Å²) in [5, 5.41) is 1.56. The molecule has 0 atom stereocenters. The second-order valence-electron chi connectivity index (χ2n) is 5.38. The van der Waals surface area contributed by atoms with E-state index in [2.05, 4.69) is 10.9 Å². The summed E-state index contributed by atoms with van der Waals surface area (Å²) in [4.78, 5) is 24.7. The Labute approximate surface area is 153 Å². The lowest BCUT2D eigenvalue weighted by Crippen LogP contribution is -2.40. The summed E-state index contributed by atoms with van der Waals surface area (Å²) >= 11 is 7.81. The monoisotopic (exact) mass is 374 g/mol. The predicted octanol–water partition coefficient (Wildman–Crippen LogP) is 4.24. The van der Waals surface area contributed by atoms with Crippen molar-refractivity contribution in [3.63, 3.8) is 0 Å². The number of nitrogens with one attached hydrogen (secondary N) is 2. The largest absolute Gasteiger partial charge is 0.466 e. The summed E-state index contributed by atoms with van der Waals surface area (Å²) in [6.07, 6.45) is 2.95. The zero-order chi connectivity index (χ0) is 18.0. The number of hydrogen-bond acceptors (Lipinski definition) is 4. The maximum Gasteiger partial charge on any atom is 0.273 e. The molecule has 3 rings (SSSR count). The Morgan fingerprint density at radius 3 is 2.64 bits per heavy atom. The molecule has 25 heavy (non-hydrogen) atoms. The average Bonchev–Trinajstić information content (AvgIpc) is 3.10. The molecule has 0 bridgehead atoms. The summed E-state index contributed by atoms with van der Waals surface area (Å²) in [5.41, 5.74) is 5.07. The second kappa shape index (κ2) is 7.13. The first-order chi connectivity index (χ1) is 12.0. The zero-order valence-electron chi connectivity index (χ0n) is 13.6. The van der Waals surface area contributed by atoms with Crippen LogP contribution in [0.2, 0.25) is 5.02 Å². The van der Waals surface area contributed by atoms with Crippen LogP contribution < -0.4 is 10.9 Å². The topological polar surface area (TPSA) is 71.3 Å². The number of rotatable bonds is 3. The Morgan fingerprint density at radius 2 is 1.96 bits per heavy atom. The van der Waals surface area contributed by atoms with E-state index in [1.54, 1.807) is 26.0 Å². The van der Waals surface area contributed by atoms with Gasteiger partial charge in [-0.3, -0.25) is 20.4 Å². The van der Waals surface area contributed by atoms with Crippen LogP contribution in [-0.4, -0.2) is 11.8 Å². The van der Waals surface area contributed by atoms with Crippen molar-refractivity contribution in [1.29, 1.82) is 0 Å². The molecule has 0 aliphatic heterocycles. The third-order valence-electron chi connectivity index (χ3n) is 3.53. The van der Waals surface area contributed by atoms with Crippen LogP contribution in [0, 0.1) is 13.8 Å².